The van der Waals surface area contributed by atoms with Gasteiger partial charge in [0.05, 0.1) is 0 Å². The molecule has 2 nitrogen and oxygen atoms in total. The van der Waals surface area contributed by atoms with Crippen molar-refractivity contribution in [3.05, 3.63) is 47.8 Å². The van der Waals surface area contributed by atoms with Crippen molar-refractivity contribution in [2.24, 2.45) is 0 Å². The molecule has 0 aliphatic carbocycles. The van der Waals surface area contributed by atoms with Gasteiger partial charge in [-0.15, -0.1) is 0 Å². The summed E-state index contributed by atoms with van der Waals surface area (Å²) < 4.78 is 12.7. The van der Waals surface area contributed by atoms with Gasteiger partial charge < -0.3 is 4.90 Å². The molecule has 0 saturated carbocycles. The van der Waals surface area contributed by atoms with Gasteiger partial charge in [-0.3, -0.25) is 4.79 Å². The fraction of sp³-hybridized carbons (Fsp3) is 0.438. The number of amides is 1. The van der Waals surface area contributed by atoms with Crippen molar-refractivity contribution in [3.63, 3.8) is 0 Å². The molecule has 0 saturated heterocycles. The summed E-state index contributed by atoms with van der Waals surface area (Å²) in [6, 6.07) is 6.60. The number of halogens is 1. The van der Waals surface area contributed by atoms with Crippen LogP contribution in [0.15, 0.2) is 36.4 Å². The normalized spacial score (nSPS) is 14.7. The molecular formula is C16H20FNO. The molecule has 0 spiro atoms. The lowest BCUT2D eigenvalue weighted by atomic mass is 10.1. The van der Waals surface area contributed by atoms with Crippen LogP contribution in [0.3, 0.4) is 0 Å². The highest BCUT2D eigenvalue weighted by molar-refractivity contribution is 5.76. The number of hydrogen-bond donors (Lipinski definition) is 0. The third kappa shape index (κ3) is 4.51. The van der Waals surface area contributed by atoms with E-state index in [9.17, 15) is 9.18 Å². The number of unbranched alkanes of at least 4 members (excludes halogenated alkanes) is 1. The number of nitrogens with zero attached hydrogens (tertiary/aromatic N) is 1. The Morgan fingerprint density at radius 1 is 1.16 bits per heavy atom. The van der Waals surface area contributed by atoms with Gasteiger partial charge in [0.15, 0.2) is 0 Å². The number of aryl methyl sites for hydroxylation is 1. The fourth-order valence-corrected chi connectivity index (χ4v) is 2.28. The fourth-order valence-electron chi connectivity index (χ4n) is 2.28. The molecule has 0 fully saturated rings. The highest BCUT2D eigenvalue weighted by atomic mass is 19.1. The third-order valence-corrected chi connectivity index (χ3v) is 3.43. The van der Waals surface area contributed by atoms with Gasteiger partial charge in [-0.1, -0.05) is 24.3 Å². The number of benzene rings is 1. The second-order valence-electron chi connectivity index (χ2n) is 4.93. The van der Waals surface area contributed by atoms with E-state index in [2.05, 4.69) is 12.2 Å². The molecule has 0 radical (unpaired) electrons. The highest BCUT2D eigenvalue weighted by Gasteiger charge is 2.12. The molecule has 0 atom stereocenters. The Labute approximate surface area is 113 Å². The van der Waals surface area contributed by atoms with Crippen molar-refractivity contribution >= 4 is 5.91 Å². The van der Waals surface area contributed by atoms with Crippen LogP contribution in [0, 0.1) is 5.82 Å². The number of carbonyl (C=O) groups excluding carboxylic acids is 1. The average Bonchev–Trinajstić information content (AvgIpc) is 2.46. The van der Waals surface area contributed by atoms with Crippen molar-refractivity contribution < 1.29 is 9.18 Å². The lowest BCUT2D eigenvalue weighted by Crippen LogP contribution is -2.33. The van der Waals surface area contributed by atoms with Gasteiger partial charge in [0.25, 0.3) is 0 Å². The average molecular weight is 261 g/mol. The minimum atomic E-state index is -0.197. The molecule has 102 valence electrons. The van der Waals surface area contributed by atoms with Crippen molar-refractivity contribution in [1.82, 2.24) is 4.90 Å². The van der Waals surface area contributed by atoms with E-state index in [1.165, 1.54) is 12.1 Å². The first kappa shape index (κ1) is 13.8. The first-order chi connectivity index (χ1) is 9.25. The van der Waals surface area contributed by atoms with Gasteiger partial charge in [0, 0.05) is 19.5 Å². The Morgan fingerprint density at radius 2 is 1.95 bits per heavy atom. The van der Waals surface area contributed by atoms with Gasteiger partial charge in [-0.05, 0) is 43.4 Å². The molecule has 2 rings (SSSR count). The minimum Gasteiger partial charge on any atom is -0.339 e. The van der Waals surface area contributed by atoms with Crippen LogP contribution in [-0.4, -0.2) is 23.9 Å². The van der Waals surface area contributed by atoms with Crippen LogP contribution in [-0.2, 0) is 11.2 Å². The SMILES string of the molecule is O=C(CCCCc1ccc(F)cc1)N1CC=CCC1. The van der Waals surface area contributed by atoms with Crippen LogP contribution < -0.4 is 0 Å². The Morgan fingerprint density at radius 3 is 2.63 bits per heavy atom. The van der Waals surface area contributed by atoms with Crippen molar-refractivity contribution in [2.45, 2.75) is 32.1 Å². The van der Waals surface area contributed by atoms with Crippen molar-refractivity contribution in [3.8, 4) is 0 Å². The molecule has 1 aliphatic rings. The van der Waals surface area contributed by atoms with Gasteiger partial charge in [0.1, 0.15) is 5.82 Å². The standard InChI is InChI=1S/C16H20FNO/c17-15-10-8-14(9-11-15)6-2-3-7-16(19)18-12-4-1-5-13-18/h1,4,8-11H,2-3,5-7,12-13H2. The predicted octanol–water partition coefficient (Wildman–Crippen LogP) is 3.33. The van der Waals surface area contributed by atoms with E-state index < -0.39 is 0 Å². The maximum Gasteiger partial charge on any atom is 0.222 e. The maximum absolute atomic E-state index is 12.7. The van der Waals surface area contributed by atoms with Crippen molar-refractivity contribution in [1.29, 1.82) is 0 Å². The summed E-state index contributed by atoms with van der Waals surface area (Å²) >= 11 is 0. The quantitative estimate of drug-likeness (QED) is 0.588. The van der Waals surface area contributed by atoms with E-state index in [0.29, 0.717) is 6.42 Å². The number of hydrogen-bond acceptors (Lipinski definition) is 1. The maximum atomic E-state index is 12.7. The summed E-state index contributed by atoms with van der Waals surface area (Å²) in [6.07, 6.45) is 8.56. The van der Waals surface area contributed by atoms with Gasteiger partial charge in [-0.2, -0.15) is 0 Å². The number of rotatable bonds is 5. The molecule has 0 unspecified atom stereocenters. The zero-order valence-electron chi connectivity index (χ0n) is 11.1. The highest BCUT2D eigenvalue weighted by Crippen LogP contribution is 2.10. The zero-order chi connectivity index (χ0) is 13.5. The molecule has 19 heavy (non-hydrogen) atoms. The predicted molar refractivity (Wildman–Crippen MR) is 74.3 cm³/mol. The zero-order valence-corrected chi connectivity index (χ0v) is 11.1. The van der Waals surface area contributed by atoms with E-state index >= 15 is 0 Å². The molecular weight excluding hydrogens is 241 g/mol. The van der Waals surface area contributed by atoms with Crippen LogP contribution in [0.1, 0.15) is 31.2 Å². The van der Waals surface area contributed by atoms with Gasteiger partial charge in [0.2, 0.25) is 5.91 Å². The minimum absolute atomic E-state index is 0.197. The van der Waals surface area contributed by atoms with E-state index in [1.807, 2.05) is 17.0 Å². The lowest BCUT2D eigenvalue weighted by molar-refractivity contribution is -0.130. The van der Waals surface area contributed by atoms with Crippen LogP contribution in [0.5, 0.6) is 0 Å². The molecule has 1 aliphatic heterocycles. The molecule has 3 heteroatoms. The van der Waals surface area contributed by atoms with Crippen LogP contribution in [0.25, 0.3) is 0 Å². The third-order valence-electron chi connectivity index (χ3n) is 3.43. The monoisotopic (exact) mass is 261 g/mol. The van der Waals surface area contributed by atoms with Gasteiger partial charge in [-0.25, -0.2) is 4.39 Å². The summed E-state index contributed by atoms with van der Waals surface area (Å²) in [7, 11) is 0. The van der Waals surface area contributed by atoms with Gasteiger partial charge >= 0.3 is 0 Å². The topological polar surface area (TPSA) is 20.3 Å². The molecule has 1 aromatic carbocycles. The molecule has 1 amide bonds. The molecule has 1 aromatic rings. The Balaban J connectivity index is 1.65. The van der Waals surface area contributed by atoms with Crippen LogP contribution in [0.4, 0.5) is 4.39 Å². The second-order valence-corrected chi connectivity index (χ2v) is 4.93. The summed E-state index contributed by atoms with van der Waals surface area (Å²) in [6.45, 7) is 1.62. The first-order valence-corrected chi connectivity index (χ1v) is 6.93. The second kappa shape index (κ2) is 7.07. The summed E-state index contributed by atoms with van der Waals surface area (Å²) in [4.78, 5) is 13.8. The largest absolute Gasteiger partial charge is 0.339 e. The lowest BCUT2D eigenvalue weighted by Gasteiger charge is -2.23. The van der Waals surface area contributed by atoms with E-state index in [4.69, 9.17) is 0 Å². The smallest absolute Gasteiger partial charge is 0.222 e. The Kier molecular flexibility index (Phi) is 5.13. The van der Waals surface area contributed by atoms with Crippen LogP contribution in [0.2, 0.25) is 0 Å². The number of carbonyl (C=O) groups is 1. The summed E-state index contributed by atoms with van der Waals surface area (Å²) in [5, 5.41) is 0. The molecule has 0 aromatic heterocycles. The molecule has 0 bridgehead atoms. The summed E-state index contributed by atoms with van der Waals surface area (Å²) in [5.41, 5.74) is 1.13. The van der Waals surface area contributed by atoms with Crippen molar-refractivity contribution in [2.75, 3.05) is 13.1 Å². The first-order valence-electron chi connectivity index (χ1n) is 6.93. The van der Waals surface area contributed by atoms with E-state index in [1.54, 1.807) is 0 Å². The van der Waals surface area contributed by atoms with E-state index in [-0.39, 0.29) is 11.7 Å². The Bertz CT molecular complexity index is 439. The van der Waals surface area contributed by atoms with Crippen LogP contribution >= 0.6 is 0 Å². The Hall–Kier alpha value is -1.64. The summed E-state index contributed by atoms with van der Waals surface area (Å²) in [5.74, 6) is 0.0561. The molecule has 0 N–H and O–H groups in total. The molecule has 1 heterocycles. The van der Waals surface area contributed by atoms with E-state index in [0.717, 1.165) is 44.3 Å².